The predicted molar refractivity (Wildman–Crippen MR) is 128 cm³/mol. The van der Waals surface area contributed by atoms with E-state index in [0.717, 1.165) is 17.7 Å². The van der Waals surface area contributed by atoms with Crippen LogP contribution in [0.5, 0.6) is 5.75 Å². The van der Waals surface area contributed by atoms with Crippen molar-refractivity contribution < 1.29 is 26.7 Å². The number of nitrogens with zero attached hydrogens (tertiary/aromatic N) is 1. The van der Waals surface area contributed by atoms with Gasteiger partial charge in [-0.15, -0.1) is 0 Å². The highest BCUT2D eigenvalue weighted by Gasteiger charge is 2.33. The number of ether oxygens (including phenoxy) is 1. The molecule has 0 saturated carbocycles. The lowest BCUT2D eigenvalue weighted by Crippen LogP contribution is -2.07. The molecule has 0 saturated heterocycles. The Morgan fingerprint density at radius 2 is 1.47 bits per heavy atom. The Morgan fingerprint density at radius 1 is 0.750 bits per heavy atom. The molecule has 4 aromatic carbocycles. The molecule has 2 nitrogen and oxygen atoms in total. The molecule has 0 aliphatic rings. The van der Waals surface area contributed by atoms with Crippen LogP contribution in [0.25, 0.3) is 33.2 Å². The quantitative estimate of drug-likeness (QED) is 0.230. The van der Waals surface area contributed by atoms with Gasteiger partial charge in [0.05, 0.1) is 11.1 Å². The second-order valence-electron chi connectivity index (χ2n) is 8.14. The molecule has 0 fully saturated rings. The molecule has 180 valence electrons. The lowest BCUT2D eigenvalue weighted by molar-refractivity contribution is -0.136. The summed E-state index contributed by atoms with van der Waals surface area (Å²) < 4.78 is 74.5. The van der Waals surface area contributed by atoms with Gasteiger partial charge < -0.3 is 4.74 Å². The van der Waals surface area contributed by atoms with E-state index in [2.05, 4.69) is 4.98 Å². The van der Waals surface area contributed by atoms with Crippen LogP contribution < -0.4 is 4.74 Å². The zero-order valence-electron chi connectivity index (χ0n) is 18.7. The molecular formula is C29H18F5NO. The van der Waals surface area contributed by atoms with E-state index in [1.165, 1.54) is 24.4 Å². The van der Waals surface area contributed by atoms with Crippen LogP contribution in [0.15, 0.2) is 97.2 Å². The first kappa shape index (κ1) is 23.5. The third-order valence-electron chi connectivity index (χ3n) is 5.84. The SMILES string of the molecule is Fc1cccc(COc2cccc(-c3c(-c4ccccc4)cnc4c(C(F)(F)F)cccc34)c2)c1F. The normalized spacial score (nSPS) is 11.6. The second kappa shape index (κ2) is 9.41. The van der Waals surface area contributed by atoms with Crippen LogP contribution in [0, 0.1) is 11.6 Å². The van der Waals surface area contributed by atoms with Crippen molar-refractivity contribution in [2.75, 3.05) is 0 Å². The number of halogens is 5. The number of benzene rings is 4. The maximum Gasteiger partial charge on any atom is 0.418 e. The molecule has 0 N–H and O–H groups in total. The van der Waals surface area contributed by atoms with Gasteiger partial charge in [-0.25, -0.2) is 8.78 Å². The monoisotopic (exact) mass is 491 g/mol. The van der Waals surface area contributed by atoms with Crippen LogP contribution in [0.2, 0.25) is 0 Å². The number of hydrogen-bond donors (Lipinski definition) is 0. The van der Waals surface area contributed by atoms with Crippen molar-refractivity contribution in [3.63, 3.8) is 0 Å². The summed E-state index contributed by atoms with van der Waals surface area (Å²) in [6.45, 7) is -0.214. The molecule has 5 rings (SSSR count). The summed E-state index contributed by atoms with van der Waals surface area (Å²) in [4.78, 5) is 4.20. The molecule has 0 spiro atoms. The maximum atomic E-state index is 14.0. The average Bonchev–Trinajstić information content (AvgIpc) is 2.88. The summed E-state index contributed by atoms with van der Waals surface area (Å²) >= 11 is 0. The smallest absolute Gasteiger partial charge is 0.418 e. The Bertz CT molecular complexity index is 1550. The Morgan fingerprint density at radius 3 is 2.25 bits per heavy atom. The summed E-state index contributed by atoms with van der Waals surface area (Å²) in [6, 6.07) is 23.8. The molecule has 0 aliphatic carbocycles. The zero-order valence-corrected chi connectivity index (χ0v) is 18.7. The molecule has 1 aromatic heterocycles. The Balaban J connectivity index is 1.64. The summed E-state index contributed by atoms with van der Waals surface area (Å²) in [6.07, 6.45) is -3.13. The average molecular weight is 491 g/mol. The van der Waals surface area contributed by atoms with Crippen LogP contribution in [0.4, 0.5) is 22.0 Å². The molecular weight excluding hydrogens is 473 g/mol. The van der Waals surface area contributed by atoms with Crippen molar-refractivity contribution >= 4 is 10.9 Å². The van der Waals surface area contributed by atoms with Crippen molar-refractivity contribution in [3.8, 4) is 28.0 Å². The van der Waals surface area contributed by atoms with Gasteiger partial charge in [0.15, 0.2) is 11.6 Å². The van der Waals surface area contributed by atoms with Crippen LogP contribution >= 0.6 is 0 Å². The van der Waals surface area contributed by atoms with Crippen molar-refractivity contribution in [2.24, 2.45) is 0 Å². The Kier molecular flexibility index (Phi) is 6.14. The van der Waals surface area contributed by atoms with E-state index in [0.29, 0.717) is 27.8 Å². The van der Waals surface area contributed by atoms with Gasteiger partial charge in [0, 0.05) is 28.3 Å². The lowest BCUT2D eigenvalue weighted by atomic mass is 9.91. The summed E-state index contributed by atoms with van der Waals surface area (Å²) in [7, 11) is 0. The van der Waals surface area contributed by atoms with Crippen LogP contribution in [-0.4, -0.2) is 4.98 Å². The van der Waals surface area contributed by atoms with Gasteiger partial charge in [-0.2, -0.15) is 13.2 Å². The highest BCUT2D eigenvalue weighted by Crippen LogP contribution is 2.42. The van der Waals surface area contributed by atoms with E-state index in [4.69, 9.17) is 4.74 Å². The minimum Gasteiger partial charge on any atom is -0.489 e. The fourth-order valence-corrected chi connectivity index (χ4v) is 4.16. The number of pyridine rings is 1. The first-order chi connectivity index (χ1) is 17.3. The summed E-state index contributed by atoms with van der Waals surface area (Å²) in [5, 5.41) is 0.333. The maximum absolute atomic E-state index is 14.0. The number of fused-ring (bicyclic) bond motifs is 1. The number of rotatable bonds is 5. The predicted octanol–water partition coefficient (Wildman–Crippen LogP) is 8.44. The first-order valence-electron chi connectivity index (χ1n) is 11.0. The third-order valence-corrected chi connectivity index (χ3v) is 5.84. The molecule has 7 heteroatoms. The molecule has 0 aliphatic heterocycles. The van der Waals surface area contributed by atoms with E-state index in [1.54, 1.807) is 30.3 Å². The van der Waals surface area contributed by atoms with E-state index in [9.17, 15) is 22.0 Å². The first-order valence-corrected chi connectivity index (χ1v) is 11.0. The van der Waals surface area contributed by atoms with E-state index in [-0.39, 0.29) is 17.7 Å². The molecule has 0 amide bonds. The largest absolute Gasteiger partial charge is 0.489 e. The number of alkyl halides is 3. The second-order valence-corrected chi connectivity index (χ2v) is 8.14. The third kappa shape index (κ3) is 4.52. The van der Waals surface area contributed by atoms with Gasteiger partial charge in [-0.1, -0.05) is 66.7 Å². The van der Waals surface area contributed by atoms with Crippen molar-refractivity contribution in [1.82, 2.24) is 4.98 Å². The standard InChI is InChI=1S/C29H18F5NO/c30-25-14-5-10-20(27(25)31)17-36-21-11-4-9-19(15-21)26-22-12-6-13-24(29(32,33)34)28(22)35-16-23(26)18-7-2-1-3-8-18/h1-16H,17H2. The molecule has 0 radical (unpaired) electrons. The Labute approximate surface area is 203 Å². The van der Waals surface area contributed by atoms with Crippen LogP contribution in [0.1, 0.15) is 11.1 Å². The zero-order chi connectivity index (χ0) is 25.3. The Hall–Kier alpha value is -4.26. The molecule has 0 atom stereocenters. The van der Waals surface area contributed by atoms with E-state index >= 15 is 0 Å². The van der Waals surface area contributed by atoms with Crippen molar-refractivity contribution in [1.29, 1.82) is 0 Å². The van der Waals surface area contributed by atoms with Gasteiger partial charge in [-0.05, 0) is 35.4 Å². The van der Waals surface area contributed by atoms with Crippen LogP contribution in [0.3, 0.4) is 0 Å². The lowest BCUT2D eigenvalue weighted by Gasteiger charge is -2.17. The van der Waals surface area contributed by atoms with Gasteiger partial charge in [-0.3, -0.25) is 4.98 Å². The molecule has 36 heavy (non-hydrogen) atoms. The molecule has 0 bridgehead atoms. The van der Waals surface area contributed by atoms with E-state index in [1.807, 2.05) is 30.3 Å². The minimum atomic E-state index is -4.57. The van der Waals surface area contributed by atoms with Gasteiger partial charge in [0.2, 0.25) is 0 Å². The minimum absolute atomic E-state index is 0.0505. The summed E-state index contributed by atoms with van der Waals surface area (Å²) in [5.41, 5.74) is 1.65. The number of aromatic nitrogens is 1. The van der Waals surface area contributed by atoms with Crippen molar-refractivity contribution in [3.05, 3.63) is 120 Å². The van der Waals surface area contributed by atoms with Gasteiger partial charge in [0.1, 0.15) is 12.4 Å². The highest BCUT2D eigenvalue weighted by atomic mass is 19.4. The molecule has 5 aromatic rings. The van der Waals surface area contributed by atoms with Gasteiger partial charge in [0.25, 0.3) is 0 Å². The molecule has 1 heterocycles. The summed E-state index contributed by atoms with van der Waals surface area (Å²) in [5.74, 6) is -1.60. The number of para-hydroxylation sites is 1. The van der Waals surface area contributed by atoms with Crippen LogP contribution in [-0.2, 0) is 12.8 Å². The fraction of sp³-hybridized carbons (Fsp3) is 0.0690. The highest BCUT2D eigenvalue weighted by molar-refractivity contribution is 6.03. The van der Waals surface area contributed by atoms with E-state index < -0.39 is 23.4 Å². The topological polar surface area (TPSA) is 22.1 Å². The molecule has 0 unspecified atom stereocenters. The number of hydrogen-bond acceptors (Lipinski definition) is 2. The van der Waals surface area contributed by atoms with Crippen molar-refractivity contribution in [2.45, 2.75) is 12.8 Å². The van der Waals surface area contributed by atoms with Gasteiger partial charge >= 0.3 is 6.18 Å². The fourth-order valence-electron chi connectivity index (χ4n) is 4.16.